The Balaban J connectivity index is 1.19. The second-order valence-electron chi connectivity index (χ2n) is 12.2. The van der Waals surface area contributed by atoms with Crippen molar-refractivity contribution in [2.45, 2.75) is 0 Å². The standard InChI is InChI=1S/C45H29N5/c1-2-10-30(11-3-1)31-20-22-32(23-21-31)43-48-44(35-16-8-14-33(24-35)41-28-46-26-37-12-4-6-18-39(37)41)50-45(49-43)36-17-9-15-34(25-36)42-29-47-27-38-13-5-7-19-40(38)42/h1-29H. The Morgan fingerprint density at radius 2 is 0.680 bits per heavy atom. The van der Waals surface area contributed by atoms with Crippen LogP contribution >= 0.6 is 0 Å². The highest BCUT2D eigenvalue weighted by molar-refractivity contribution is 5.97. The number of hydrogen-bond acceptors (Lipinski definition) is 5. The quantitative estimate of drug-likeness (QED) is 0.181. The molecule has 5 heteroatoms. The smallest absolute Gasteiger partial charge is 0.164 e. The third-order valence-electron chi connectivity index (χ3n) is 9.09. The monoisotopic (exact) mass is 639 g/mol. The highest BCUT2D eigenvalue weighted by atomic mass is 15.0. The van der Waals surface area contributed by atoms with Gasteiger partial charge in [0.2, 0.25) is 0 Å². The molecule has 3 heterocycles. The van der Waals surface area contributed by atoms with E-state index in [9.17, 15) is 0 Å². The van der Waals surface area contributed by atoms with Crippen molar-refractivity contribution in [1.82, 2.24) is 24.9 Å². The van der Waals surface area contributed by atoms with Crippen LogP contribution in [0.15, 0.2) is 176 Å². The van der Waals surface area contributed by atoms with Gasteiger partial charge in [-0.05, 0) is 45.2 Å². The summed E-state index contributed by atoms with van der Waals surface area (Å²) in [6, 6.07) is 52.2. The minimum Gasteiger partial charge on any atom is -0.263 e. The second-order valence-corrected chi connectivity index (χ2v) is 12.2. The van der Waals surface area contributed by atoms with Crippen LogP contribution in [0.4, 0.5) is 0 Å². The van der Waals surface area contributed by atoms with Crippen LogP contribution in [0.25, 0.3) is 89.1 Å². The fourth-order valence-corrected chi connectivity index (χ4v) is 6.55. The molecule has 9 aromatic rings. The molecule has 0 aliphatic heterocycles. The Morgan fingerprint density at radius 1 is 0.280 bits per heavy atom. The zero-order valence-corrected chi connectivity index (χ0v) is 27.0. The van der Waals surface area contributed by atoms with Crippen LogP contribution in [0, 0.1) is 0 Å². The predicted octanol–water partition coefficient (Wildman–Crippen LogP) is 11.0. The van der Waals surface area contributed by atoms with E-state index < -0.39 is 0 Å². The maximum atomic E-state index is 5.11. The molecule has 50 heavy (non-hydrogen) atoms. The number of rotatable bonds is 6. The predicted molar refractivity (Wildman–Crippen MR) is 203 cm³/mol. The maximum Gasteiger partial charge on any atom is 0.164 e. The first-order chi connectivity index (χ1) is 24.8. The van der Waals surface area contributed by atoms with E-state index in [1.807, 2.05) is 43.0 Å². The molecule has 0 aliphatic carbocycles. The van der Waals surface area contributed by atoms with E-state index in [0.717, 1.165) is 71.6 Å². The molecule has 0 amide bonds. The Hall–Kier alpha value is -6.85. The molecule has 0 bridgehead atoms. The van der Waals surface area contributed by atoms with Gasteiger partial charge < -0.3 is 0 Å². The zero-order chi connectivity index (χ0) is 33.3. The summed E-state index contributed by atoms with van der Waals surface area (Å²) in [6.45, 7) is 0. The van der Waals surface area contributed by atoms with Crippen molar-refractivity contribution >= 4 is 21.5 Å². The van der Waals surface area contributed by atoms with Gasteiger partial charge in [-0.3, -0.25) is 9.97 Å². The molecule has 0 spiro atoms. The Labute approximate surface area is 289 Å². The number of aromatic nitrogens is 5. The summed E-state index contributed by atoms with van der Waals surface area (Å²) >= 11 is 0. The van der Waals surface area contributed by atoms with Gasteiger partial charge >= 0.3 is 0 Å². The van der Waals surface area contributed by atoms with E-state index in [-0.39, 0.29) is 0 Å². The molecule has 0 aliphatic rings. The van der Waals surface area contributed by atoms with Crippen LogP contribution in [-0.4, -0.2) is 24.9 Å². The summed E-state index contributed by atoms with van der Waals surface area (Å²) in [4.78, 5) is 24.3. The molecule has 3 aromatic heterocycles. The summed E-state index contributed by atoms with van der Waals surface area (Å²) in [5, 5.41) is 4.49. The Bertz CT molecular complexity index is 2500. The number of hydrogen-bond donors (Lipinski definition) is 0. The lowest BCUT2D eigenvalue weighted by Crippen LogP contribution is -2.00. The zero-order valence-electron chi connectivity index (χ0n) is 27.0. The fourth-order valence-electron chi connectivity index (χ4n) is 6.55. The molecule has 234 valence electrons. The van der Waals surface area contributed by atoms with Gasteiger partial charge in [0.15, 0.2) is 17.5 Å². The average Bonchev–Trinajstić information content (AvgIpc) is 3.21. The maximum absolute atomic E-state index is 5.11. The van der Waals surface area contributed by atoms with E-state index in [0.29, 0.717) is 17.5 Å². The molecule has 6 aromatic carbocycles. The molecular formula is C45H29N5. The normalized spacial score (nSPS) is 11.2. The molecule has 0 atom stereocenters. The van der Waals surface area contributed by atoms with Crippen molar-refractivity contribution in [2.75, 3.05) is 0 Å². The molecular weight excluding hydrogens is 611 g/mol. The van der Waals surface area contributed by atoms with Crippen LogP contribution < -0.4 is 0 Å². The number of nitrogens with zero attached hydrogens (tertiary/aromatic N) is 5. The number of pyridine rings is 2. The summed E-state index contributed by atoms with van der Waals surface area (Å²) in [5.41, 5.74) is 9.23. The lowest BCUT2D eigenvalue weighted by atomic mass is 9.98. The van der Waals surface area contributed by atoms with Gasteiger partial charge in [-0.15, -0.1) is 0 Å². The first kappa shape index (κ1) is 29.3. The van der Waals surface area contributed by atoms with Crippen LogP contribution in [0.5, 0.6) is 0 Å². The molecule has 0 fully saturated rings. The second kappa shape index (κ2) is 12.6. The summed E-state index contributed by atoms with van der Waals surface area (Å²) < 4.78 is 0. The van der Waals surface area contributed by atoms with Crippen molar-refractivity contribution in [1.29, 1.82) is 0 Å². The Morgan fingerprint density at radius 3 is 1.22 bits per heavy atom. The van der Waals surface area contributed by atoms with Gasteiger partial charge in [0, 0.05) is 63.4 Å². The first-order valence-corrected chi connectivity index (χ1v) is 16.6. The fraction of sp³-hybridized carbons (Fsp3) is 0. The van der Waals surface area contributed by atoms with Crippen LogP contribution in [0.1, 0.15) is 0 Å². The van der Waals surface area contributed by atoms with Crippen LogP contribution in [0.2, 0.25) is 0 Å². The van der Waals surface area contributed by atoms with Crippen molar-refractivity contribution in [3.05, 3.63) is 176 Å². The summed E-state index contributed by atoms with van der Waals surface area (Å²) in [7, 11) is 0. The van der Waals surface area contributed by atoms with Gasteiger partial charge in [-0.2, -0.15) is 0 Å². The van der Waals surface area contributed by atoms with Crippen molar-refractivity contribution in [3.63, 3.8) is 0 Å². The van der Waals surface area contributed by atoms with Crippen molar-refractivity contribution < 1.29 is 0 Å². The molecule has 9 rings (SSSR count). The van der Waals surface area contributed by atoms with Gasteiger partial charge in [0.1, 0.15) is 0 Å². The molecule has 0 saturated carbocycles. The number of benzene rings is 6. The number of fused-ring (bicyclic) bond motifs is 2. The lowest BCUT2D eigenvalue weighted by Gasteiger charge is -2.12. The minimum absolute atomic E-state index is 0.601. The van der Waals surface area contributed by atoms with E-state index in [1.165, 1.54) is 0 Å². The molecule has 0 N–H and O–H groups in total. The Kier molecular flexibility index (Phi) is 7.41. The van der Waals surface area contributed by atoms with Gasteiger partial charge in [-0.1, -0.05) is 140 Å². The third-order valence-corrected chi connectivity index (χ3v) is 9.09. The highest BCUT2D eigenvalue weighted by Crippen LogP contribution is 2.34. The first-order valence-electron chi connectivity index (χ1n) is 16.6. The van der Waals surface area contributed by atoms with Crippen molar-refractivity contribution in [3.8, 4) is 67.5 Å². The molecule has 0 unspecified atom stereocenters. The van der Waals surface area contributed by atoms with E-state index in [4.69, 9.17) is 15.0 Å². The summed E-state index contributed by atoms with van der Waals surface area (Å²) in [6.07, 6.45) is 7.65. The molecule has 0 saturated heterocycles. The van der Waals surface area contributed by atoms with E-state index in [1.54, 1.807) is 0 Å². The van der Waals surface area contributed by atoms with Crippen LogP contribution in [0.3, 0.4) is 0 Å². The van der Waals surface area contributed by atoms with Crippen LogP contribution in [-0.2, 0) is 0 Å². The SMILES string of the molecule is c1ccc(-c2ccc(-c3nc(-c4cccc(-c5cncc6ccccc56)c4)nc(-c4cccc(-c5cncc6ccccc56)c4)n3)cc2)cc1. The molecule has 5 nitrogen and oxygen atoms in total. The highest BCUT2D eigenvalue weighted by Gasteiger charge is 2.15. The summed E-state index contributed by atoms with van der Waals surface area (Å²) in [5.74, 6) is 1.81. The van der Waals surface area contributed by atoms with E-state index in [2.05, 4.69) is 143 Å². The van der Waals surface area contributed by atoms with Gasteiger partial charge in [0.25, 0.3) is 0 Å². The van der Waals surface area contributed by atoms with Gasteiger partial charge in [0.05, 0.1) is 0 Å². The van der Waals surface area contributed by atoms with Crippen molar-refractivity contribution in [2.24, 2.45) is 0 Å². The largest absolute Gasteiger partial charge is 0.263 e. The topological polar surface area (TPSA) is 64.5 Å². The average molecular weight is 640 g/mol. The van der Waals surface area contributed by atoms with E-state index >= 15 is 0 Å². The molecule has 0 radical (unpaired) electrons. The lowest BCUT2D eigenvalue weighted by molar-refractivity contribution is 1.07. The third kappa shape index (κ3) is 5.57. The minimum atomic E-state index is 0.601. The van der Waals surface area contributed by atoms with Gasteiger partial charge in [-0.25, -0.2) is 15.0 Å².